The van der Waals surface area contributed by atoms with E-state index in [0.29, 0.717) is 0 Å². The van der Waals surface area contributed by atoms with E-state index in [0.717, 1.165) is 18.4 Å². The number of hydrogen-bond acceptors (Lipinski definition) is 1. The van der Waals surface area contributed by atoms with Crippen LogP contribution in [0.15, 0.2) is 24.3 Å². The molecule has 0 spiro atoms. The third-order valence-corrected chi connectivity index (χ3v) is 2.91. The first-order chi connectivity index (χ1) is 6.75. The lowest BCUT2D eigenvalue weighted by Crippen LogP contribution is -2.24. The molecule has 1 nitrogen and oxygen atoms in total. The zero-order valence-electron chi connectivity index (χ0n) is 9.09. The van der Waals surface area contributed by atoms with Crippen LogP contribution in [0.25, 0.3) is 0 Å². The van der Waals surface area contributed by atoms with E-state index in [-0.39, 0.29) is 0 Å². The van der Waals surface area contributed by atoms with Gasteiger partial charge in [-0.3, -0.25) is 0 Å². The van der Waals surface area contributed by atoms with Gasteiger partial charge in [0.05, 0.1) is 0 Å². The van der Waals surface area contributed by atoms with Crippen molar-refractivity contribution >= 4 is 5.69 Å². The monoisotopic (exact) mass is 189 g/mol. The molecule has 76 valence electrons. The van der Waals surface area contributed by atoms with E-state index >= 15 is 0 Å². The summed E-state index contributed by atoms with van der Waals surface area (Å²) >= 11 is 0. The van der Waals surface area contributed by atoms with Gasteiger partial charge in [0.2, 0.25) is 0 Å². The van der Waals surface area contributed by atoms with Crippen molar-refractivity contribution in [2.75, 3.05) is 11.9 Å². The Morgan fingerprint density at radius 1 is 1.36 bits per heavy atom. The predicted molar refractivity (Wildman–Crippen MR) is 61.6 cm³/mol. The molecule has 1 aliphatic rings. The normalized spacial score (nSPS) is 20.4. The molecule has 0 bridgehead atoms. The van der Waals surface area contributed by atoms with Gasteiger partial charge in [-0.15, -0.1) is 0 Å². The van der Waals surface area contributed by atoms with Crippen molar-refractivity contribution in [3.05, 3.63) is 29.8 Å². The molecule has 1 unspecified atom stereocenters. The van der Waals surface area contributed by atoms with Crippen molar-refractivity contribution in [1.29, 1.82) is 0 Å². The van der Waals surface area contributed by atoms with Gasteiger partial charge in [0.25, 0.3) is 0 Å². The summed E-state index contributed by atoms with van der Waals surface area (Å²) in [6, 6.07) is 8.67. The molecule has 1 aromatic rings. The van der Waals surface area contributed by atoms with Crippen LogP contribution in [0.4, 0.5) is 5.69 Å². The van der Waals surface area contributed by atoms with E-state index < -0.39 is 0 Å². The lowest BCUT2D eigenvalue weighted by atomic mass is 9.88. The van der Waals surface area contributed by atoms with Gasteiger partial charge in [-0.1, -0.05) is 32.0 Å². The number of benzene rings is 1. The molecule has 0 aromatic heterocycles. The highest BCUT2D eigenvalue weighted by atomic mass is 14.9. The third-order valence-electron chi connectivity index (χ3n) is 2.91. The summed E-state index contributed by atoms with van der Waals surface area (Å²) in [6.45, 7) is 5.76. The molecule has 14 heavy (non-hydrogen) atoms. The number of fused-ring (bicyclic) bond motifs is 1. The topological polar surface area (TPSA) is 12.0 Å². The molecule has 0 fully saturated rings. The molecule has 0 aliphatic carbocycles. The fraction of sp³-hybridized carbons (Fsp3) is 0.538. The predicted octanol–water partition coefficient (Wildman–Crippen LogP) is 3.32. The van der Waals surface area contributed by atoms with E-state index in [4.69, 9.17) is 0 Å². The largest absolute Gasteiger partial charge is 0.385 e. The van der Waals surface area contributed by atoms with Gasteiger partial charge in [-0.2, -0.15) is 0 Å². The minimum absolute atomic E-state index is 0.812. The minimum Gasteiger partial charge on any atom is -0.385 e. The molecule has 1 atom stereocenters. The molecule has 1 N–H and O–H groups in total. The van der Waals surface area contributed by atoms with Crippen LogP contribution in [0.3, 0.4) is 0 Å². The lowest BCUT2D eigenvalue weighted by molar-refractivity contribution is 0.416. The van der Waals surface area contributed by atoms with Gasteiger partial charge in [0.1, 0.15) is 0 Å². The van der Waals surface area contributed by atoms with Gasteiger partial charge in [0, 0.05) is 12.2 Å². The Morgan fingerprint density at radius 2 is 2.14 bits per heavy atom. The Balaban J connectivity index is 2.06. The van der Waals surface area contributed by atoms with Gasteiger partial charge in [-0.25, -0.2) is 0 Å². The highest BCUT2D eigenvalue weighted by Crippen LogP contribution is 2.27. The first-order valence-corrected chi connectivity index (χ1v) is 5.57. The second-order valence-electron chi connectivity index (χ2n) is 4.74. The van der Waals surface area contributed by atoms with E-state index in [1.54, 1.807) is 0 Å². The molecule has 1 aromatic carbocycles. The quantitative estimate of drug-likeness (QED) is 0.752. The summed E-state index contributed by atoms with van der Waals surface area (Å²) in [5.74, 6) is 1.64. The minimum atomic E-state index is 0.812. The van der Waals surface area contributed by atoms with Gasteiger partial charge in [-0.05, 0) is 36.3 Å². The maximum Gasteiger partial charge on any atom is 0.0372 e. The second kappa shape index (κ2) is 4.04. The number of para-hydroxylation sites is 1. The van der Waals surface area contributed by atoms with E-state index in [1.807, 2.05) is 0 Å². The van der Waals surface area contributed by atoms with Crippen LogP contribution in [0, 0.1) is 11.8 Å². The molecule has 0 saturated heterocycles. The molecule has 1 aliphatic heterocycles. The van der Waals surface area contributed by atoms with Crippen molar-refractivity contribution in [3.8, 4) is 0 Å². The Morgan fingerprint density at radius 3 is 2.93 bits per heavy atom. The van der Waals surface area contributed by atoms with Crippen LogP contribution in [-0.4, -0.2) is 6.54 Å². The maximum absolute atomic E-state index is 3.52. The molecule has 0 amide bonds. The van der Waals surface area contributed by atoms with Crippen LogP contribution in [0.2, 0.25) is 0 Å². The smallest absolute Gasteiger partial charge is 0.0372 e. The van der Waals surface area contributed by atoms with Gasteiger partial charge < -0.3 is 5.32 Å². The van der Waals surface area contributed by atoms with E-state index in [9.17, 15) is 0 Å². The standard InChI is InChI=1S/C13H19N/c1-10(2)7-11-8-12-5-3-4-6-13(12)14-9-11/h3-6,10-11,14H,7-9H2,1-2H3. The van der Waals surface area contributed by atoms with E-state index in [1.165, 1.54) is 24.1 Å². The summed E-state index contributed by atoms with van der Waals surface area (Å²) in [5, 5.41) is 3.52. The van der Waals surface area contributed by atoms with Gasteiger partial charge >= 0.3 is 0 Å². The fourth-order valence-electron chi connectivity index (χ4n) is 2.34. The molecular weight excluding hydrogens is 170 g/mol. The lowest BCUT2D eigenvalue weighted by Gasteiger charge is -2.27. The summed E-state index contributed by atoms with van der Waals surface area (Å²) in [7, 11) is 0. The molecule has 2 rings (SSSR count). The summed E-state index contributed by atoms with van der Waals surface area (Å²) < 4.78 is 0. The highest BCUT2D eigenvalue weighted by molar-refractivity contribution is 5.53. The molecule has 1 heteroatoms. The molecule has 1 heterocycles. The number of hydrogen-bond donors (Lipinski definition) is 1. The first kappa shape index (κ1) is 9.57. The molecule has 0 radical (unpaired) electrons. The number of anilines is 1. The zero-order valence-corrected chi connectivity index (χ0v) is 9.09. The Labute approximate surface area is 86.5 Å². The summed E-state index contributed by atoms with van der Waals surface area (Å²) in [5.41, 5.74) is 2.83. The van der Waals surface area contributed by atoms with Crippen LogP contribution < -0.4 is 5.32 Å². The Kier molecular flexibility index (Phi) is 2.76. The summed E-state index contributed by atoms with van der Waals surface area (Å²) in [6.07, 6.45) is 2.59. The van der Waals surface area contributed by atoms with Crippen molar-refractivity contribution in [2.45, 2.75) is 26.7 Å². The molecule has 0 saturated carbocycles. The average Bonchev–Trinajstić information content (AvgIpc) is 2.17. The summed E-state index contributed by atoms with van der Waals surface area (Å²) in [4.78, 5) is 0. The Bertz CT molecular complexity index is 304. The second-order valence-corrected chi connectivity index (χ2v) is 4.74. The van der Waals surface area contributed by atoms with Crippen molar-refractivity contribution < 1.29 is 0 Å². The van der Waals surface area contributed by atoms with Crippen molar-refractivity contribution in [1.82, 2.24) is 0 Å². The zero-order chi connectivity index (χ0) is 9.97. The van der Waals surface area contributed by atoms with Crippen LogP contribution >= 0.6 is 0 Å². The van der Waals surface area contributed by atoms with E-state index in [2.05, 4.69) is 43.4 Å². The third kappa shape index (κ3) is 2.09. The van der Waals surface area contributed by atoms with Gasteiger partial charge in [0.15, 0.2) is 0 Å². The maximum atomic E-state index is 3.52. The number of nitrogens with one attached hydrogen (secondary N) is 1. The van der Waals surface area contributed by atoms with Crippen molar-refractivity contribution in [3.63, 3.8) is 0 Å². The fourth-order valence-corrected chi connectivity index (χ4v) is 2.34. The van der Waals surface area contributed by atoms with Crippen LogP contribution in [-0.2, 0) is 6.42 Å². The van der Waals surface area contributed by atoms with Crippen molar-refractivity contribution in [2.24, 2.45) is 11.8 Å². The highest BCUT2D eigenvalue weighted by Gasteiger charge is 2.18. The Hall–Kier alpha value is -0.980. The SMILES string of the molecule is CC(C)CC1CNc2ccccc2C1. The average molecular weight is 189 g/mol. The number of rotatable bonds is 2. The van der Waals surface area contributed by atoms with Crippen LogP contribution in [0.1, 0.15) is 25.8 Å². The first-order valence-electron chi connectivity index (χ1n) is 5.57. The van der Waals surface area contributed by atoms with Crippen LogP contribution in [0.5, 0.6) is 0 Å². The molecular formula is C13H19N.